The highest BCUT2D eigenvalue weighted by atomic mass is 32.1. The van der Waals surface area contributed by atoms with Crippen molar-refractivity contribution >= 4 is 23.4 Å². The number of rotatable bonds is 10. The second-order valence-corrected chi connectivity index (χ2v) is 10.2. The van der Waals surface area contributed by atoms with E-state index in [0.717, 1.165) is 16.9 Å². The van der Waals surface area contributed by atoms with Crippen molar-refractivity contribution in [2.45, 2.75) is 19.9 Å². The van der Waals surface area contributed by atoms with Gasteiger partial charge in [-0.1, -0.05) is 53.8 Å². The van der Waals surface area contributed by atoms with Gasteiger partial charge in [-0.25, -0.2) is 9.79 Å². The van der Waals surface area contributed by atoms with E-state index in [0.29, 0.717) is 45.3 Å². The highest BCUT2D eigenvalue weighted by Crippen LogP contribution is 2.31. The van der Waals surface area contributed by atoms with Gasteiger partial charge in [-0.15, -0.1) is 0 Å². The van der Waals surface area contributed by atoms with Crippen LogP contribution in [0.15, 0.2) is 99.9 Å². The van der Waals surface area contributed by atoms with E-state index in [1.54, 1.807) is 37.7 Å². The van der Waals surface area contributed by atoms with Crippen molar-refractivity contribution in [2.24, 2.45) is 4.99 Å². The Labute approximate surface area is 241 Å². The third kappa shape index (κ3) is 6.25. The van der Waals surface area contributed by atoms with Crippen LogP contribution < -0.4 is 29.1 Å². The predicted octanol–water partition coefficient (Wildman–Crippen LogP) is 4.26. The van der Waals surface area contributed by atoms with E-state index in [1.807, 2.05) is 72.8 Å². The number of carbonyl (C=O) groups is 1. The van der Waals surface area contributed by atoms with E-state index in [9.17, 15) is 9.59 Å². The topological polar surface area (TPSA) is 88.4 Å². The van der Waals surface area contributed by atoms with Gasteiger partial charge in [-0.2, -0.15) is 0 Å². The van der Waals surface area contributed by atoms with Gasteiger partial charge < -0.3 is 18.9 Å². The molecule has 0 saturated carbocycles. The number of esters is 1. The number of thiazole rings is 1. The average molecular weight is 571 g/mol. The number of allylic oxidation sites excluding steroid dienone is 1. The van der Waals surface area contributed by atoms with Gasteiger partial charge in [0.2, 0.25) is 0 Å². The third-order valence-corrected chi connectivity index (χ3v) is 7.45. The van der Waals surface area contributed by atoms with Crippen LogP contribution in [0.5, 0.6) is 17.2 Å². The Hall–Kier alpha value is -4.63. The summed E-state index contributed by atoms with van der Waals surface area (Å²) in [5.41, 5.74) is 2.17. The molecule has 0 aliphatic carbocycles. The second kappa shape index (κ2) is 12.7. The zero-order valence-electron chi connectivity index (χ0n) is 23.0. The number of carbonyl (C=O) groups excluding carboxylic acids is 1. The lowest BCUT2D eigenvalue weighted by Gasteiger charge is -2.24. The van der Waals surface area contributed by atoms with E-state index in [1.165, 1.54) is 11.3 Å². The van der Waals surface area contributed by atoms with Gasteiger partial charge in [-0.05, 0) is 67.4 Å². The smallest absolute Gasteiger partial charge is 0.338 e. The number of fused-ring (bicyclic) bond motifs is 1. The summed E-state index contributed by atoms with van der Waals surface area (Å²) < 4.78 is 24.3. The van der Waals surface area contributed by atoms with E-state index < -0.39 is 12.0 Å². The Morgan fingerprint density at radius 1 is 0.951 bits per heavy atom. The molecule has 210 valence electrons. The van der Waals surface area contributed by atoms with Gasteiger partial charge in [0.25, 0.3) is 5.56 Å². The highest BCUT2D eigenvalue weighted by molar-refractivity contribution is 7.07. The summed E-state index contributed by atoms with van der Waals surface area (Å²) in [7, 11) is 1.59. The van der Waals surface area contributed by atoms with E-state index in [4.69, 9.17) is 18.9 Å². The molecule has 41 heavy (non-hydrogen) atoms. The van der Waals surface area contributed by atoms with Gasteiger partial charge in [0, 0.05) is 0 Å². The zero-order valence-corrected chi connectivity index (χ0v) is 23.9. The van der Waals surface area contributed by atoms with Gasteiger partial charge in [0.15, 0.2) is 4.80 Å². The molecule has 1 aliphatic heterocycles. The summed E-state index contributed by atoms with van der Waals surface area (Å²) in [6.45, 7) is 4.51. The Bertz CT molecular complexity index is 1740. The lowest BCUT2D eigenvalue weighted by atomic mass is 9.96. The monoisotopic (exact) mass is 570 g/mol. The predicted molar refractivity (Wildman–Crippen MR) is 157 cm³/mol. The molecule has 0 N–H and O–H groups in total. The molecule has 5 rings (SSSR count). The first-order valence-electron chi connectivity index (χ1n) is 13.2. The summed E-state index contributed by atoms with van der Waals surface area (Å²) in [5.74, 6) is 1.63. The molecular weight excluding hydrogens is 540 g/mol. The number of ether oxygens (including phenoxy) is 4. The molecule has 8 nitrogen and oxygen atoms in total. The lowest BCUT2D eigenvalue weighted by Crippen LogP contribution is -2.39. The molecule has 4 aromatic rings. The average Bonchev–Trinajstić information content (AvgIpc) is 3.29. The number of aromatic nitrogens is 1. The largest absolute Gasteiger partial charge is 0.497 e. The lowest BCUT2D eigenvalue weighted by molar-refractivity contribution is -0.139. The maximum Gasteiger partial charge on any atom is 0.338 e. The number of hydrogen-bond donors (Lipinski definition) is 0. The van der Waals surface area contributed by atoms with Gasteiger partial charge in [0.05, 0.1) is 35.6 Å². The Morgan fingerprint density at radius 3 is 2.37 bits per heavy atom. The molecule has 1 atom stereocenters. The molecule has 0 saturated heterocycles. The molecule has 1 aromatic heterocycles. The van der Waals surface area contributed by atoms with E-state index >= 15 is 0 Å². The minimum atomic E-state index is -0.683. The minimum Gasteiger partial charge on any atom is -0.497 e. The van der Waals surface area contributed by atoms with E-state index in [-0.39, 0.29) is 12.2 Å². The number of methoxy groups -OCH3 is 1. The van der Waals surface area contributed by atoms with Crippen LogP contribution in [0.3, 0.4) is 0 Å². The SMILES string of the molecule is CCOC(=O)C1=C(C)N=c2s/c(=C/c3cccc(OCCOc4ccccc4)c3)c(=O)n2[C@H]1c1ccc(OC)cc1. The maximum absolute atomic E-state index is 13.8. The van der Waals surface area contributed by atoms with Gasteiger partial charge in [0.1, 0.15) is 30.5 Å². The normalized spacial score (nSPS) is 14.7. The quantitative estimate of drug-likeness (QED) is 0.209. The fourth-order valence-electron chi connectivity index (χ4n) is 4.57. The van der Waals surface area contributed by atoms with Crippen molar-refractivity contribution in [2.75, 3.05) is 26.9 Å². The molecule has 2 heterocycles. The first kappa shape index (κ1) is 27.9. The van der Waals surface area contributed by atoms with Crippen LogP contribution in [0.4, 0.5) is 0 Å². The molecular formula is C32H30N2O6S. The third-order valence-electron chi connectivity index (χ3n) is 6.47. The fraction of sp³-hybridized carbons (Fsp3) is 0.219. The van der Waals surface area contributed by atoms with Crippen molar-refractivity contribution in [1.82, 2.24) is 4.57 Å². The number of hydrogen-bond acceptors (Lipinski definition) is 8. The van der Waals surface area contributed by atoms with Crippen LogP contribution in [-0.2, 0) is 9.53 Å². The van der Waals surface area contributed by atoms with E-state index in [2.05, 4.69) is 4.99 Å². The van der Waals surface area contributed by atoms with Gasteiger partial charge in [-0.3, -0.25) is 9.36 Å². The Morgan fingerprint density at radius 2 is 1.66 bits per heavy atom. The Kier molecular flexibility index (Phi) is 8.64. The van der Waals surface area contributed by atoms with Crippen LogP contribution in [0, 0.1) is 0 Å². The molecule has 1 aliphatic rings. The second-order valence-electron chi connectivity index (χ2n) is 9.16. The zero-order chi connectivity index (χ0) is 28.8. The van der Waals surface area contributed by atoms with Crippen molar-refractivity contribution in [3.63, 3.8) is 0 Å². The number of benzene rings is 3. The van der Waals surface area contributed by atoms with Gasteiger partial charge >= 0.3 is 5.97 Å². The maximum atomic E-state index is 13.8. The van der Waals surface area contributed by atoms with Crippen LogP contribution >= 0.6 is 11.3 Å². The first-order valence-corrected chi connectivity index (χ1v) is 14.0. The molecule has 0 amide bonds. The minimum absolute atomic E-state index is 0.214. The Balaban J connectivity index is 1.45. The van der Waals surface area contributed by atoms with Crippen molar-refractivity contribution in [3.05, 3.63) is 121 Å². The molecule has 9 heteroatoms. The standard InChI is InChI=1S/C32H30N2O6S/c1-4-38-31(36)28-21(2)33-32-34(29(28)23-13-15-24(37-3)16-14-23)30(35)27(41-32)20-22-9-8-12-26(19-22)40-18-17-39-25-10-6-5-7-11-25/h5-16,19-20,29H,4,17-18H2,1-3H3/b27-20+/t29-/m0/s1. The fourth-order valence-corrected chi connectivity index (χ4v) is 5.62. The molecule has 0 unspecified atom stereocenters. The molecule has 3 aromatic carbocycles. The molecule has 0 bridgehead atoms. The van der Waals surface area contributed by atoms with Crippen LogP contribution in [0.2, 0.25) is 0 Å². The molecule has 0 fully saturated rings. The van der Waals surface area contributed by atoms with Crippen LogP contribution in [0.25, 0.3) is 6.08 Å². The van der Waals surface area contributed by atoms with Crippen molar-refractivity contribution in [3.8, 4) is 17.2 Å². The van der Waals surface area contributed by atoms with Crippen molar-refractivity contribution < 1.29 is 23.7 Å². The first-order chi connectivity index (χ1) is 20.0. The summed E-state index contributed by atoms with van der Waals surface area (Å²) in [6.07, 6.45) is 1.81. The summed E-state index contributed by atoms with van der Waals surface area (Å²) in [4.78, 5) is 32.0. The number of nitrogens with zero attached hydrogens (tertiary/aromatic N) is 2. The molecule has 0 radical (unpaired) electrons. The number of para-hydroxylation sites is 1. The summed E-state index contributed by atoms with van der Waals surface area (Å²) in [5, 5.41) is 0. The highest BCUT2D eigenvalue weighted by Gasteiger charge is 2.33. The molecule has 0 spiro atoms. The van der Waals surface area contributed by atoms with Crippen LogP contribution in [-0.4, -0.2) is 37.5 Å². The van der Waals surface area contributed by atoms with Crippen LogP contribution in [0.1, 0.15) is 31.0 Å². The summed E-state index contributed by atoms with van der Waals surface area (Å²) in [6, 6.07) is 23.7. The van der Waals surface area contributed by atoms with Crippen molar-refractivity contribution in [1.29, 1.82) is 0 Å². The summed E-state index contributed by atoms with van der Waals surface area (Å²) >= 11 is 1.28.